The SMILES string of the molecule is CCC(O)(CC)[C@H]1CN(C(=O)OC(C)(C)C)[C@@H](Cc2ccc(Cl)cc2)CO1.CCC(O)(CC)[C@H]1CN[C@@H](Cc2ccc(Cl)cc2)CO1. The number of benzene rings is 2. The van der Waals surface area contributed by atoms with Gasteiger partial charge in [-0.25, -0.2) is 4.79 Å². The number of morpholine rings is 2. The van der Waals surface area contributed by atoms with E-state index >= 15 is 0 Å². The van der Waals surface area contributed by atoms with Crippen LogP contribution in [0.5, 0.6) is 0 Å². The molecule has 0 aromatic heterocycles. The largest absolute Gasteiger partial charge is 0.444 e. The second kappa shape index (κ2) is 17.7. The number of amides is 1. The first-order chi connectivity index (χ1) is 22.1. The summed E-state index contributed by atoms with van der Waals surface area (Å²) in [5.41, 5.74) is 0.0714. The quantitative estimate of drug-likeness (QED) is 0.241. The predicted molar refractivity (Wildman–Crippen MR) is 189 cm³/mol. The number of nitrogens with zero attached hydrogens (tertiary/aromatic N) is 1. The van der Waals surface area contributed by atoms with Gasteiger partial charge in [0.1, 0.15) is 11.7 Å². The van der Waals surface area contributed by atoms with Gasteiger partial charge in [-0.15, -0.1) is 0 Å². The van der Waals surface area contributed by atoms with Crippen LogP contribution in [-0.2, 0) is 27.1 Å². The molecular formula is C37H56Cl2N2O6. The van der Waals surface area contributed by atoms with Crippen molar-refractivity contribution < 1.29 is 29.2 Å². The molecule has 264 valence electrons. The summed E-state index contributed by atoms with van der Waals surface area (Å²) in [5.74, 6) is 0. The van der Waals surface area contributed by atoms with Gasteiger partial charge in [0.2, 0.25) is 0 Å². The Morgan fingerprint density at radius 2 is 1.28 bits per heavy atom. The van der Waals surface area contributed by atoms with Crippen LogP contribution >= 0.6 is 23.2 Å². The van der Waals surface area contributed by atoms with Crippen molar-refractivity contribution in [2.75, 3.05) is 26.3 Å². The van der Waals surface area contributed by atoms with Gasteiger partial charge in [0.05, 0.1) is 43.1 Å². The molecular weight excluding hydrogens is 639 g/mol. The molecule has 8 nitrogen and oxygen atoms in total. The van der Waals surface area contributed by atoms with Crippen molar-refractivity contribution in [3.05, 3.63) is 69.7 Å². The molecule has 4 rings (SSSR count). The highest BCUT2D eigenvalue weighted by molar-refractivity contribution is 6.30. The van der Waals surface area contributed by atoms with E-state index in [4.69, 9.17) is 37.4 Å². The predicted octanol–water partition coefficient (Wildman–Crippen LogP) is 7.23. The molecule has 2 aromatic rings. The fraction of sp³-hybridized carbons (Fsp3) is 0.649. The smallest absolute Gasteiger partial charge is 0.410 e. The van der Waals surface area contributed by atoms with Gasteiger partial charge in [0.15, 0.2) is 0 Å². The third-order valence-electron chi connectivity index (χ3n) is 9.44. The fourth-order valence-electron chi connectivity index (χ4n) is 6.04. The summed E-state index contributed by atoms with van der Waals surface area (Å²) < 4.78 is 17.5. The van der Waals surface area contributed by atoms with Crippen molar-refractivity contribution in [2.24, 2.45) is 0 Å². The van der Waals surface area contributed by atoms with Gasteiger partial charge >= 0.3 is 6.09 Å². The molecule has 47 heavy (non-hydrogen) atoms. The van der Waals surface area contributed by atoms with Crippen LogP contribution in [0, 0.1) is 0 Å². The number of nitrogens with one attached hydrogen (secondary N) is 1. The van der Waals surface area contributed by atoms with Crippen LogP contribution in [0.1, 0.15) is 85.3 Å². The second-order valence-electron chi connectivity index (χ2n) is 13.8. The average Bonchev–Trinajstić information content (AvgIpc) is 3.06. The van der Waals surface area contributed by atoms with Crippen molar-refractivity contribution in [1.29, 1.82) is 0 Å². The Hall–Kier alpha value is -1.91. The summed E-state index contributed by atoms with van der Waals surface area (Å²) in [6.07, 6.45) is 3.22. The van der Waals surface area contributed by atoms with Crippen LogP contribution < -0.4 is 5.32 Å². The molecule has 0 bridgehead atoms. The lowest BCUT2D eigenvalue weighted by Gasteiger charge is -2.45. The molecule has 1 amide bonds. The molecule has 2 saturated heterocycles. The number of aliphatic hydroxyl groups is 2. The maximum atomic E-state index is 12.9. The molecule has 0 radical (unpaired) electrons. The normalized spacial score (nSPS) is 22.3. The lowest BCUT2D eigenvalue weighted by Crippen LogP contribution is -2.60. The van der Waals surface area contributed by atoms with Gasteiger partial charge in [0, 0.05) is 22.6 Å². The van der Waals surface area contributed by atoms with Crippen LogP contribution in [0.25, 0.3) is 0 Å². The van der Waals surface area contributed by atoms with E-state index in [0.29, 0.717) is 56.6 Å². The van der Waals surface area contributed by atoms with E-state index in [1.54, 1.807) is 4.90 Å². The topological polar surface area (TPSA) is 100 Å². The molecule has 0 unspecified atom stereocenters. The highest BCUT2D eigenvalue weighted by Crippen LogP contribution is 2.29. The Morgan fingerprint density at radius 3 is 1.72 bits per heavy atom. The first-order valence-corrected chi connectivity index (χ1v) is 17.8. The summed E-state index contributed by atoms with van der Waals surface area (Å²) in [4.78, 5) is 14.6. The Labute approximate surface area is 292 Å². The maximum Gasteiger partial charge on any atom is 0.410 e. The van der Waals surface area contributed by atoms with Crippen molar-refractivity contribution in [3.8, 4) is 0 Å². The third kappa shape index (κ3) is 11.6. The van der Waals surface area contributed by atoms with Gasteiger partial charge < -0.3 is 29.7 Å². The molecule has 4 atom stereocenters. The lowest BCUT2D eigenvalue weighted by molar-refractivity contribution is -0.158. The Bertz CT molecular complexity index is 1220. The molecule has 2 aliphatic rings. The van der Waals surface area contributed by atoms with E-state index in [9.17, 15) is 15.0 Å². The van der Waals surface area contributed by atoms with Gasteiger partial charge in [-0.2, -0.15) is 0 Å². The van der Waals surface area contributed by atoms with Crippen molar-refractivity contribution in [1.82, 2.24) is 10.2 Å². The van der Waals surface area contributed by atoms with Crippen molar-refractivity contribution in [2.45, 2.75) is 128 Å². The van der Waals surface area contributed by atoms with Crippen LogP contribution in [0.4, 0.5) is 4.79 Å². The number of rotatable bonds is 10. The van der Waals surface area contributed by atoms with Gasteiger partial charge in [-0.3, -0.25) is 4.90 Å². The molecule has 10 heteroatoms. The van der Waals surface area contributed by atoms with Crippen LogP contribution in [0.3, 0.4) is 0 Å². The molecule has 2 aromatic carbocycles. The van der Waals surface area contributed by atoms with Crippen LogP contribution in [0.15, 0.2) is 48.5 Å². The molecule has 2 fully saturated rings. The summed E-state index contributed by atoms with van der Waals surface area (Å²) in [7, 11) is 0. The van der Waals surface area contributed by atoms with Crippen LogP contribution in [-0.4, -0.2) is 88.6 Å². The molecule has 0 spiro atoms. The van der Waals surface area contributed by atoms with Crippen LogP contribution in [0.2, 0.25) is 10.0 Å². The van der Waals surface area contributed by atoms with Gasteiger partial charge in [-0.05, 0) is 94.7 Å². The minimum atomic E-state index is -0.953. The molecule has 0 aliphatic carbocycles. The molecule has 2 heterocycles. The number of hydrogen-bond acceptors (Lipinski definition) is 7. The summed E-state index contributed by atoms with van der Waals surface area (Å²) in [6, 6.07) is 15.6. The number of carbonyl (C=O) groups is 1. The van der Waals surface area contributed by atoms with Gasteiger partial charge in [0.25, 0.3) is 0 Å². The second-order valence-corrected chi connectivity index (χ2v) is 14.7. The zero-order valence-electron chi connectivity index (χ0n) is 29.2. The van der Waals surface area contributed by atoms with E-state index in [0.717, 1.165) is 29.8 Å². The zero-order chi connectivity index (χ0) is 34.8. The van der Waals surface area contributed by atoms with E-state index in [1.165, 1.54) is 5.56 Å². The Morgan fingerprint density at radius 1 is 0.809 bits per heavy atom. The maximum absolute atomic E-state index is 12.9. The number of halogens is 2. The highest BCUT2D eigenvalue weighted by Gasteiger charge is 2.43. The first-order valence-electron chi connectivity index (χ1n) is 17.0. The van der Waals surface area contributed by atoms with E-state index < -0.39 is 22.9 Å². The average molecular weight is 696 g/mol. The number of ether oxygens (including phenoxy) is 3. The molecule has 0 saturated carbocycles. The van der Waals surface area contributed by atoms with Crippen molar-refractivity contribution >= 4 is 29.3 Å². The molecule has 2 aliphatic heterocycles. The minimum absolute atomic E-state index is 0.112. The fourth-order valence-corrected chi connectivity index (χ4v) is 6.30. The summed E-state index contributed by atoms with van der Waals surface area (Å²) in [5, 5.41) is 26.3. The third-order valence-corrected chi connectivity index (χ3v) is 9.94. The van der Waals surface area contributed by atoms with Gasteiger partial charge in [-0.1, -0.05) is 75.2 Å². The Balaban J connectivity index is 0.000000267. The zero-order valence-corrected chi connectivity index (χ0v) is 30.7. The number of carbonyl (C=O) groups excluding carboxylic acids is 1. The standard InChI is InChI=1S/C21H32ClNO4.C16H24ClNO2/c1-6-21(25,7-2)18-13-23(19(24)27-20(3,4)5)17(14-26-18)12-15-8-10-16(22)11-9-15;1-3-16(19,4-2)15-10-18-14(11-20-15)9-12-5-7-13(17)8-6-12/h8-11,17-18,25H,6-7,12-14H2,1-5H3;5-8,14-15,18-19H,3-4,9-11H2,1-2H3/t17-,18+;14-,15+/m00/s1. The Kier molecular flexibility index (Phi) is 14.9. The van der Waals surface area contributed by atoms with Crippen molar-refractivity contribution in [3.63, 3.8) is 0 Å². The summed E-state index contributed by atoms with van der Waals surface area (Å²) >= 11 is 11.9. The number of hydrogen-bond donors (Lipinski definition) is 3. The first kappa shape index (κ1) is 39.5. The van der Waals surface area contributed by atoms with E-state index in [1.807, 2.05) is 97.0 Å². The minimum Gasteiger partial charge on any atom is -0.444 e. The van der Waals surface area contributed by atoms with E-state index in [2.05, 4.69) is 5.32 Å². The van der Waals surface area contributed by atoms with E-state index in [-0.39, 0.29) is 18.2 Å². The summed E-state index contributed by atoms with van der Waals surface area (Å²) in [6.45, 7) is 15.4. The highest BCUT2D eigenvalue weighted by atomic mass is 35.5. The monoisotopic (exact) mass is 694 g/mol. The molecule has 3 N–H and O–H groups in total. The lowest BCUT2D eigenvalue weighted by atomic mass is 9.88.